The molecule has 0 unspecified atom stereocenters. The summed E-state index contributed by atoms with van der Waals surface area (Å²) in [4.78, 5) is 8.68. The summed E-state index contributed by atoms with van der Waals surface area (Å²) in [6.45, 7) is 1.77. The SMILES string of the molecule is Cc1nc(N)sc1-c1nc(CS(C)(=O)=O)no1. The van der Waals surface area contributed by atoms with E-state index in [1.807, 2.05) is 0 Å². The minimum atomic E-state index is -3.17. The third kappa shape index (κ3) is 2.80. The van der Waals surface area contributed by atoms with E-state index in [0.29, 0.717) is 15.7 Å². The first-order chi connectivity index (χ1) is 7.85. The molecule has 7 nitrogen and oxygen atoms in total. The van der Waals surface area contributed by atoms with E-state index < -0.39 is 9.84 Å². The molecule has 92 valence electrons. The Morgan fingerprint density at radius 3 is 2.65 bits per heavy atom. The number of sulfone groups is 1. The Morgan fingerprint density at radius 1 is 1.41 bits per heavy atom. The van der Waals surface area contributed by atoms with Crippen LogP contribution in [0.5, 0.6) is 0 Å². The first kappa shape index (κ1) is 12.0. The molecule has 0 amide bonds. The van der Waals surface area contributed by atoms with Gasteiger partial charge in [0.15, 0.2) is 20.8 Å². The molecule has 2 rings (SSSR count). The van der Waals surface area contributed by atoms with Crippen LogP contribution in [0.3, 0.4) is 0 Å². The summed E-state index contributed by atoms with van der Waals surface area (Å²) in [5.74, 6) is 0.133. The van der Waals surface area contributed by atoms with Gasteiger partial charge in [0.2, 0.25) is 0 Å². The van der Waals surface area contributed by atoms with E-state index in [1.165, 1.54) is 11.3 Å². The summed E-state index contributed by atoms with van der Waals surface area (Å²) in [7, 11) is -3.17. The summed E-state index contributed by atoms with van der Waals surface area (Å²) in [5, 5.41) is 4.00. The van der Waals surface area contributed by atoms with Gasteiger partial charge >= 0.3 is 0 Å². The fraction of sp³-hybridized carbons (Fsp3) is 0.375. The second-order valence-electron chi connectivity index (χ2n) is 3.55. The zero-order chi connectivity index (χ0) is 12.6. The highest BCUT2D eigenvalue weighted by Crippen LogP contribution is 2.29. The predicted octanol–water partition coefficient (Wildman–Crippen LogP) is 0.628. The van der Waals surface area contributed by atoms with Crippen LogP contribution in [0.25, 0.3) is 10.8 Å². The van der Waals surface area contributed by atoms with Gasteiger partial charge in [-0.05, 0) is 6.92 Å². The first-order valence-electron chi connectivity index (χ1n) is 4.59. The van der Waals surface area contributed by atoms with E-state index in [2.05, 4.69) is 15.1 Å². The quantitative estimate of drug-likeness (QED) is 0.873. The molecule has 9 heteroatoms. The summed E-state index contributed by atoms with van der Waals surface area (Å²) in [5.41, 5.74) is 6.23. The lowest BCUT2D eigenvalue weighted by Gasteiger charge is -1.89. The Bertz CT molecular complexity index is 644. The molecule has 0 saturated heterocycles. The van der Waals surface area contributed by atoms with Gasteiger partial charge in [-0.25, -0.2) is 13.4 Å². The monoisotopic (exact) mass is 274 g/mol. The molecule has 0 atom stereocenters. The highest BCUT2D eigenvalue weighted by molar-refractivity contribution is 7.89. The van der Waals surface area contributed by atoms with Crippen LogP contribution in [0.1, 0.15) is 11.5 Å². The van der Waals surface area contributed by atoms with Gasteiger partial charge < -0.3 is 10.3 Å². The van der Waals surface area contributed by atoms with Gasteiger partial charge in [-0.15, -0.1) is 0 Å². The highest BCUT2D eigenvalue weighted by atomic mass is 32.2. The first-order valence-corrected chi connectivity index (χ1v) is 7.46. The predicted molar refractivity (Wildman–Crippen MR) is 63.1 cm³/mol. The lowest BCUT2D eigenvalue weighted by Crippen LogP contribution is -2.02. The van der Waals surface area contributed by atoms with E-state index >= 15 is 0 Å². The molecule has 0 aromatic carbocycles. The maximum Gasteiger partial charge on any atom is 0.270 e. The van der Waals surface area contributed by atoms with E-state index in [4.69, 9.17) is 10.3 Å². The molecule has 0 radical (unpaired) electrons. The van der Waals surface area contributed by atoms with E-state index in [9.17, 15) is 8.42 Å². The summed E-state index contributed by atoms with van der Waals surface area (Å²) < 4.78 is 27.1. The summed E-state index contributed by atoms with van der Waals surface area (Å²) in [6.07, 6.45) is 1.11. The van der Waals surface area contributed by atoms with Gasteiger partial charge in [-0.1, -0.05) is 16.5 Å². The summed E-state index contributed by atoms with van der Waals surface area (Å²) in [6, 6.07) is 0. The van der Waals surface area contributed by atoms with Crippen molar-refractivity contribution in [2.24, 2.45) is 0 Å². The second-order valence-corrected chi connectivity index (χ2v) is 6.72. The van der Waals surface area contributed by atoms with Crippen molar-refractivity contribution >= 4 is 26.3 Å². The Morgan fingerprint density at radius 2 is 2.12 bits per heavy atom. The van der Waals surface area contributed by atoms with E-state index in [-0.39, 0.29) is 17.5 Å². The van der Waals surface area contributed by atoms with Crippen LogP contribution in [-0.4, -0.2) is 29.8 Å². The average molecular weight is 274 g/mol. The zero-order valence-corrected chi connectivity index (χ0v) is 10.8. The van der Waals surface area contributed by atoms with Crippen LogP contribution in [0.2, 0.25) is 0 Å². The molecule has 0 bridgehead atoms. The molecule has 0 saturated carbocycles. The minimum absolute atomic E-state index is 0.133. The highest BCUT2D eigenvalue weighted by Gasteiger charge is 2.17. The molecule has 0 aliphatic rings. The van der Waals surface area contributed by atoms with Crippen molar-refractivity contribution in [2.75, 3.05) is 12.0 Å². The number of anilines is 1. The van der Waals surface area contributed by atoms with Crippen molar-refractivity contribution in [1.82, 2.24) is 15.1 Å². The Kier molecular flexibility index (Phi) is 2.87. The third-order valence-corrected chi connectivity index (χ3v) is 3.62. The fourth-order valence-corrected chi connectivity index (χ4v) is 2.60. The van der Waals surface area contributed by atoms with Crippen molar-refractivity contribution in [1.29, 1.82) is 0 Å². The third-order valence-electron chi connectivity index (χ3n) is 1.87. The Hall–Kier alpha value is -1.48. The second kappa shape index (κ2) is 4.08. The molecule has 2 aromatic heterocycles. The van der Waals surface area contributed by atoms with Gasteiger partial charge in [0.1, 0.15) is 10.6 Å². The van der Waals surface area contributed by atoms with E-state index in [0.717, 1.165) is 6.26 Å². The molecular formula is C8H10N4O3S2. The molecule has 2 N–H and O–H groups in total. The summed E-state index contributed by atoms with van der Waals surface area (Å²) >= 11 is 1.22. The Labute approximate surface area is 102 Å². The number of aryl methyl sites for hydroxylation is 1. The van der Waals surface area contributed by atoms with Gasteiger partial charge in [0.05, 0.1) is 5.69 Å². The van der Waals surface area contributed by atoms with Crippen molar-refractivity contribution in [3.05, 3.63) is 11.5 Å². The molecule has 0 spiro atoms. The van der Waals surface area contributed by atoms with Crippen molar-refractivity contribution < 1.29 is 12.9 Å². The number of aromatic nitrogens is 3. The van der Waals surface area contributed by atoms with Crippen molar-refractivity contribution in [2.45, 2.75) is 12.7 Å². The molecule has 0 aliphatic heterocycles. The van der Waals surface area contributed by atoms with Crippen LogP contribution in [0.4, 0.5) is 5.13 Å². The smallest absolute Gasteiger partial charge is 0.270 e. The van der Waals surface area contributed by atoms with E-state index in [1.54, 1.807) is 6.92 Å². The van der Waals surface area contributed by atoms with Crippen molar-refractivity contribution in [3.63, 3.8) is 0 Å². The number of nitrogens with two attached hydrogens (primary N) is 1. The maximum atomic E-state index is 11.1. The molecule has 17 heavy (non-hydrogen) atoms. The largest absolute Gasteiger partial charge is 0.375 e. The number of rotatable bonds is 3. The normalized spacial score (nSPS) is 11.9. The molecule has 0 aliphatic carbocycles. The Balaban J connectivity index is 2.33. The van der Waals surface area contributed by atoms with Gasteiger partial charge in [-0.3, -0.25) is 0 Å². The number of hydrogen-bond acceptors (Lipinski definition) is 8. The minimum Gasteiger partial charge on any atom is -0.375 e. The van der Waals surface area contributed by atoms with Gasteiger partial charge in [-0.2, -0.15) is 4.98 Å². The number of nitrogens with zero attached hydrogens (tertiary/aromatic N) is 3. The van der Waals surface area contributed by atoms with Crippen LogP contribution in [0.15, 0.2) is 4.52 Å². The molecule has 2 aromatic rings. The number of thiazole rings is 1. The van der Waals surface area contributed by atoms with Crippen LogP contribution in [0, 0.1) is 6.92 Å². The average Bonchev–Trinajstić information content (AvgIpc) is 2.70. The topological polar surface area (TPSA) is 112 Å². The fourth-order valence-electron chi connectivity index (χ4n) is 1.26. The van der Waals surface area contributed by atoms with Gasteiger partial charge in [0.25, 0.3) is 5.89 Å². The molecule has 2 heterocycles. The zero-order valence-electron chi connectivity index (χ0n) is 9.17. The number of hydrogen-bond donors (Lipinski definition) is 1. The lowest BCUT2D eigenvalue weighted by atomic mass is 10.4. The standard InChI is InChI=1S/C8H10N4O3S2/c1-4-6(16-8(9)10-4)7-11-5(12-15-7)3-17(2,13)14/h3H2,1-2H3,(H2,9,10). The van der Waals surface area contributed by atoms with Crippen molar-refractivity contribution in [3.8, 4) is 10.8 Å². The molecular weight excluding hydrogens is 264 g/mol. The van der Waals surface area contributed by atoms with Crippen LogP contribution >= 0.6 is 11.3 Å². The van der Waals surface area contributed by atoms with Gasteiger partial charge in [0, 0.05) is 6.26 Å². The van der Waals surface area contributed by atoms with Crippen LogP contribution < -0.4 is 5.73 Å². The number of nitrogen functional groups attached to an aromatic ring is 1. The lowest BCUT2D eigenvalue weighted by molar-refractivity contribution is 0.425. The van der Waals surface area contributed by atoms with Crippen LogP contribution in [-0.2, 0) is 15.6 Å². The maximum absolute atomic E-state index is 11.1. The molecule has 0 fully saturated rings.